The molecule has 1 aliphatic rings. The fourth-order valence-electron chi connectivity index (χ4n) is 3.14. The van der Waals surface area contributed by atoms with Gasteiger partial charge in [0.05, 0.1) is 19.8 Å². The van der Waals surface area contributed by atoms with Crippen molar-refractivity contribution in [2.24, 2.45) is 0 Å². The summed E-state index contributed by atoms with van der Waals surface area (Å²) in [5.41, 5.74) is -0.659. The van der Waals surface area contributed by atoms with Crippen LogP contribution in [0.5, 0.6) is 11.5 Å². The van der Waals surface area contributed by atoms with Gasteiger partial charge in [-0.15, -0.1) is 0 Å². The van der Waals surface area contributed by atoms with Crippen LogP contribution >= 0.6 is 0 Å². The number of amides is 2. The Morgan fingerprint density at radius 1 is 1.03 bits per heavy atom. The van der Waals surface area contributed by atoms with Gasteiger partial charge in [-0.3, -0.25) is 14.3 Å². The number of hydrogen-bond acceptors (Lipinski definition) is 5. The van der Waals surface area contributed by atoms with Crippen LogP contribution in [-0.4, -0.2) is 71.8 Å². The van der Waals surface area contributed by atoms with Crippen LogP contribution in [0, 0.1) is 0 Å². The van der Waals surface area contributed by atoms with Crippen LogP contribution < -0.4 is 9.47 Å². The maximum absolute atomic E-state index is 12.8. The van der Waals surface area contributed by atoms with Gasteiger partial charge in [0.15, 0.2) is 5.69 Å². The van der Waals surface area contributed by atoms with Crippen molar-refractivity contribution < 1.29 is 32.2 Å². The molecule has 2 amide bonds. The van der Waals surface area contributed by atoms with Gasteiger partial charge in [-0.2, -0.15) is 18.3 Å². The Morgan fingerprint density at radius 2 is 1.70 bits per heavy atom. The van der Waals surface area contributed by atoms with Gasteiger partial charge < -0.3 is 19.3 Å². The van der Waals surface area contributed by atoms with Gasteiger partial charge in [0.25, 0.3) is 5.91 Å². The number of piperazine rings is 1. The summed E-state index contributed by atoms with van der Waals surface area (Å²) in [5, 5.41) is 3.39. The summed E-state index contributed by atoms with van der Waals surface area (Å²) in [6.07, 6.45) is -3.43. The number of carbonyl (C=O) groups is 2. The van der Waals surface area contributed by atoms with Crippen LogP contribution in [0.4, 0.5) is 13.2 Å². The average molecular weight is 426 g/mol. The fraction of sp³-hybridized carbons (Fsp3) is 0.421. The molecule has 0 aliphatic carbocycles. The Morgan fingerprint density at radius 3 is 2.27 bits per heavy atom. The zero-order valence-corrected chi connectivity index (χ0v) is 16.5. The SMILES string of the molecule is COc1ccc(C(=O)N2CCN(C(=O)Cn3ccc(C(F)(F)F)n3)CC2)c(OC)c1. The molecule has 1 aromatic carbocycles. The van der Waals surface area contributed by atoms with Crippen molar-refractivity contribution in [2.45, 2.75) is 12.7 Å². The van der Waals surface area contributed by atoms with E-state index >= 15 is 0 Å². The summed E-state index contributed by atoms with van der Waals surface area (Å²) in [6, 6.07) is 5.72. The smallest absolute Gasteiger partial charge is 0.435 e. The topological polar surface area (TPSA) is 76.9 Å². The van der Waals surface area contributed by atoms with E-state index in [1.165, 1.54) is 19.1 Å². The highest BCUT2D eigenvalue weighted by Gasteiger charge is 2.34. The van der Waals surface area contributed by atoms with E-state index in [0.29, 0.717) is 30.2 Å². The summed E-state index contributed by atoms with van der Waals surface area (Å²) in [5.74, 6) is 0.354. The van der Waals surface area contributed by atoms with Gasteiger partial charge in [0.1, 0.15) is 18.0 Å². The van der Waals surface area contributed by atoms with Crippen LogP contribution in [-0.2, 0) is 17.5 Å². The molecule has 8 nitrogen and oxygen atoms in total. The predicted octanol–water partition coefficient (Wildman–Crippen LogP) is 1.90. The lowest BCUT2D eigenvalue weighted by molar-refractivity contribution is -0.142. The van der Waals surface area contributed by atoms with Gasteiger partial charge in [-0.1, -0.05) is 0 Å². The van der Waals surface area contributed by atoms with Gasteiger partial charge in [-0.05, 0) is 18.2 Å². The molecule has 0 saturated carbocycles. The molecular weight excluding hydrogens is 405 g/mol. The normalized spacial score (nSPS) is 14.6. The number of carbonyl (C=O) groups excluding carboxylic acids is 2. The van der Waals surface area contributed by atoms with Gasteiger partial charge >= 0.3 is 6.18 Å². The van der Waals surface area contributed by atoms with Gasteiger partial charge in [0.2, 0.25) is 5.91 Å². The minimum Gasteiger partial charge on any atom is -0.497 e. The van der Waals surface area contributed by atoms with Gasteiger partial charge in [-0.25, -0.2) is 0 Å². The molecule has 0 unspecified atom stereocenters. The van der Waals surface area contributed by atoms with Crippen molar-refractivity contribution in [2.75, 3.05) is 40.4 Å². The number of nitrogens with zero attached hydrogens (tertiary/aromatic N) is 4. The lowest BCUT2D eigenvalue weighted by atomic mass is 10.1. The van der Waals surface area contributed by atoms with Crippen LogP contribution in [0.25, 0.3) is 0 Å². The zero-order chi connectivity index (χ0) is 21.9. The third-order valence-corrected chi connectivity index (χ3v) is 4.79. The molecular formula is C19H21F3N4O4. The van der Waals surface area contributed by atoms with E-state index in [4.69, 9.17) is 9.47 Å². The third kappa shape index (κ3) is 4.66. The molecule has 1 aliphatic heterocycles. The van der Waals surface area contributed by atoms with E-state index in [-0.39, 0.29) is 31.4 Å². The highest BCUT2D eigenvalue weighted by atomic mass is 19.4. The van der Waals surface area contributed by atoms with Crippen molar-refractivity contribution in [3.8, 4) is 11.5 Å². The highest BCUT2D eigenvalue weighted by molar-refractivity contribution is 5.97. The first-order valence-electron chi connectivity index (χ1n) is 9.12. The molecule has 0 radical (unpaired) electrons. The molecule has 162 valence electrons. The summed E-state index contributed by atoms with van der Waals surface area (Å²) in [4.78, 5) is 28.3. The molecule has 2 aromatic rings. The average Bonchev–Trinajstić information content (AvgIpc) is 3.22. The molecule has 1 saturated heterocycles. The third-order valence-electron chi connectivity index (χ3n) is 4.79. The molecule has 11 heteroatoms. The Labute approximate surface area is 170 Å². The molecule has 1 fully saturated rings. The summed E-state index contributed by atoms with van der Waals surface area (Å²) in [7, 11) is 2.97. The Hall–Kier alpha value is -3.24. The van der Waals surface area contributed by atoms with Crippen LogP contribution in [0.3, 0.4) is 0 Å². The molecule has 0 N–H and O–H groups in total. The number of ether oxygens (including phenoxy) is 2. The second kappa shape index (κ2) is 8.64. The van der Waals surface area contributed by atoms with Gasteiger partial charge in [0, 0.05) is 38.4 Å². The number of hydrogen-bond donors (Lipinski definition) is 0. The molecule has 1 aromatic heterocycles. The van der Waals surface area contributed by atoms with Crippen LogP contribution in [0.2, 0.25) is 0 Å². The molecule has 0 bridgehead atoms. The first-order valence-corrected chi connectivity index (χ1v) is 9.12. The minimum absolute atomic E-state index is 0.233. The van der Waals surface area contributed by atoms with Crippen LogP contribution in [0.1, 0.15) is 16.1 Å². The first kappa shape index (κ1) is 21.5. The van der Waals surface area contributed by atoms with E-state index in [0.717, 1.165) is 16.9 Å². The molecule has 2 heterocycles. The zero-order valence-electron chi connectivity index (χ0n) is 16.5. The molecule has 0 atom stereocenters. The van der Waals surface area contributed by atoms with E-state index < -0.39 is 11.9 Å². The maximum Gasteiger partial charge on any atom is 0.435 e. The van der Waals surface area contributed by atoms with E-state index in [1.54, 1.807) is 23.1 Å². The number of benzene rings is 1. The standard InChI is InChI=1S/C19H21F3N4O4/c1-29-13-3-4-14(15(11-13)30-2)18(28)25-9-7-24(8-10-25)17(27)12-26-6-5-16(23-26)19(20,21)22/h3-6,11H,7-10,12H2,1-2H3. The second-order valence-electron chi connectivity index (χ2n) is 6.64. The Balaban J connectivity index is 1.58. The number of alkyl halides is 3. The number of aromatic nitrogens is 2. The second-order valence-corrected chi connectivity index (χ2v) is 6.64. The molecule has 0 spiro atoms. The molecule has 3 rings (SSSR count). The summed E-state index contributed by atoms with van der Waals surface area (Å²) < 4.78 is 49.2. The quantitative estimate of drug-likeness (QED) is 0.730. The minimum atomic E-state index is -4.55. The van der Waals surface area contributed by atoms with Crippen molar-refractivity contribution in [1.82, 2.24) is 19.6 Å². The van der Waals surface area contributed by atoms with E-state index in [9.17, 15) is 22.8 Å². The summed E-state index contributed by atoms with van der Waals surface area (Å²) >= 11 is 0. The van der Waals surface area contributed by atoms with Crippen molar-refractivity contribution >= 4 is 11.8 Å². The van der Waals surface area contributed by atoms with Crippen molar-refractivity contribution in [1.29, 1.82) is 0 Å². The Bertz CT molecular complexity index is 921. The highest BCUT2D eigenvalue weighted by Crippen LogP contribution is 2.27. The van der Waals surface area contributed by atoms with E-state index in [1.807, 2.05) is 0 Å². The first-order chi connectivity index (χ1) is 14.2. The lowest BCUT2D eigenvalue weighted by Gasteiger charge is -2.35. The lowest BCUT2D eigenvalue weighted by Crippen LogP contribution is -2.51. The van der Waals surface area contributed by atoms with Crippen LogP contribution in [0.15, 0.2) is 30.5 Å². The maximum atomic E-state index is 12.8. The fourth-order valence-corrected chi connectivity index (χ4v) is 3.14. The largest absolute Gasteiger partial charge is 0.497 e. The molecule has 30 heavy (non-hydrogen) atoms. The monoisotopic (exact) mass is 426 g/mol. The number of rotatable bonds is 5. The predicted molar refractivity (Wildman–Crippen MR) is 99.3 cm³/mol. The van der Waals surface area contributed by atoms with E-state index in [2.05, 4.69) is 5.10 Å². The number of halogens is 3. The number of methoxy groups -OCH3 is 2. The summed E-state index contributed by atoms with van der Waals surface area (Å²) in [6.45, 7) is 0.850. The Kier molecular flexibility index (Phi) is 6.18. The van der Waals surface area contributed by atoms with Crippen molar-refractivity contribution in [3.63, 3.8) is 0 Å². The van der Waals surface area contributed by atoms with Crippen molar-refractivity contribution in [3.05, 3.63) is 41.7 Å².